The van der Waals surface area contributed by atoms with Crippen molar-refractivity contribution in [3.63, 3.8) is 0 Å². The van der Waals surface area contributed by atoms with Crippen molar-refractivity contribution in [2.24, 2.45) is 5.92 Å². The summed E-state index contributed by atoms with van der Waals surface area (Å²) in [7, 11) is 1.75. The molecular formula is C16H24N2O3. The van der Waals surface area contributed by atoms with E-state index >= 15 is 0 Å². The minimum absolute atomic E-state index is 0.0853. The Hall–Kier alpha value is -1.88. The number of hydrogen-bond acceptors (Lipinski definition) is 3. The number of rotatable bonds is 8. The van der Waals surface area contributed by atoms with Crippen LogP contribution in [0.15, 0.2) is 30.3 Å². The quantitative estimate of drug-likeness (QED) is 0.763. The summed E-state index contributed by atoms with van der Waals surface area (Å²) in [4.78, 5) is 24.3. The second kappa shape index (κ2) is 8.42. The van der Waals surface area contributed by atoms with E-state index < -0.39 is 11.9 Å². The molecule has 116 valence electrons. The van der Waals surface area contributed by atoms with Gasteiger partial charge in [-0.15, -0.1) is 0 Å². The van der Waals surface area contributed by atoms with Crippen LogP contribution in [0.1, 0.15) is 25.3 Å². The van der Waals surface area contributed by atoms with Crippen molar-refractivity contribution in [3.8, 4) is 0 Å². The van der Waals surface area contributed by atoms with Crippen molar-refractivity contribution in [1.82, 2.24) is 10.2 Å². The molecule has 0 aliphatic heterocycles. The lowest BCUT2D eigenvalue weighted by Gasteiger charge is -2.19. The molecule has 5 heteroatoms. The minimum Gasteiger partial charge on any atom is -0.481 e. The third-order valence-electron chi connectivity index (χ3n) is 3.39. The van der Waals surface area contributed by atoms with Crippen molar-refractivity contribution in [2.75, 3.05) is 26.7 Å². The van der Waals surface area contributed by atoms with Gasteiger partial charge in [0.25, 0.3) is 0 Å². The number of likely N-dealkylation sites (N-methyl/N-ethyl adjacent to an activating group) is 1. The Kier molecular flexibility index (Phi) is 6.88. The second-order valence-electron chi connectivity index (χ2n) is 5.55. The molecule has 0 aliphatic rings. The average Bonchev–Trinajstić information content (AvgIpc) is 2.45. The third-order valence-corrected chi connectivity index (χ3v) is 3.39. The van der Waals surface area contributed by atoms with Gasteiger partial charge in [-0.1, -0.05) is 44.2 Å². The molecule has 0 bridgehead atoms. The van der Waals surface area contributed by atoms with Crippen molar-refractivity contribution in [1.29, 1.82) is 0 Å². The van der Waals surface area contributed by atoms with Crippen LogP contribution in [0, 0.1) is 5.92 Å². The SMILES string of the molecule is CC(CN(C)CC(=O)NCC(C)c1ccccc1)C(=O)O. The van der Waals surface area contributed by atoms with E-state index in [-0.39, 0.29) is 18.4 Å². The molecule has 5 nitrogen and oxygen atoms in total. The number of carbonyl (C=O) groups is 2. The van der Waals surface area contributed by atoms with Gasteiger partial charge in [0.2, 0.25) is 5.91 Å². The molecule has 1 amide bonds. The van der Waals surface area contributed by atoms with Crippen molar-refractivity contribution in [3.05, 3.63) is 35.9 Å². The van der Waals surface area contributed by atoms with Gasteiger partial charge in [-0.2, -0.15) is 0 Å². The van der Waals surface area contributed by atoms with Crippen LogP contribution >= 0.6 is 0 Å². The molecule has 2 atom stereocenters. The smallest absolute Gasteiger partial charge is 0.307 e. The summed E-state index contributed by atoms with van der Waals surface area (Å²) in [6.45, 7) is 4.83. The molecule has 0 radical (unpaired) electrons. The summed E-state index contributed by atoms with van der Waals surface area (Å²) >= 11 is 0. The van der Waals surface area contributed by atoms with Crippen LogP contribution in [-0.4, -0.2) is 48.6 Å². The molecule has 21 heavy (non-hydrogen) atoms. The molecule has 0 fully saturated rings. The Morgan fingerprint density at radius 3 is 2.43 bits per heavy atom. The number of nitrogens with zero attached hydrogens (tertiary/aromatic N) is 1. The van der Waals surface area contributed by atoms with E-state index in [9.17, 15) is 9.59 Å². The fourth-order valence-corrected chi connectivity index (χ4v) is 2.08. The summed E-state index contributed by atoms with van der Waals surface area (Å²) in [6, 6.07) is 10.0. The molecule has 1 aromatic rings. The number of amides is 1. The highest BCUT2D eigenvalue weighted by Gasteiger charge is 2.15. The van der Waals surface area contributed by atoms with Gasteiger partial charge in [0.05, 0.1) is 12.5 Å². The van der Waals surface area contributed by atoms with Gasteiger partial charge >= 0.3 is 5.97 Å². The number of hydrogen-bond donors (Lipinski definition) is 2. The van der Waals surface area contributed by atoms with Crippen LogP contribution in [0.2, 0.25) is 0 Å². The predicted molar refractivity (Wildman–Crippen MR) is 82.2 cm³/mol. The van der Waals surface area contributed by atoms with Gasteiger partial charge in [-0.05, 0) is 18.5 Å². The highest BCUT2D eigenvalue weighted by Crippen LogP contribution is 2.12. The van der Waals surface area contributed by atoms with Crippen LogP contribution in [0.5, 0.6) is 0 Å². The first-order valence-corrected chi connectivity index (χ1v) is 7.13. The Bertz CT molecular complexity index is 462. The standard InChI is InChI=1S/C16H24N2O3/c1-12(14-7-5-4-6-8-14)9-17-15(19)11-18(3)10-13(2)16(20)21/h4-8,12-13H,9-11H2,1-3H3,(H,17,19)(H,20,21). The molecule has 2 unspecified atom stereocenters. The summed E-state index contributed by atoms with van der Waals surface area (Å²) in [5, 5.41) is 11.7. The fraction of sp³-hybridized carbons (Fsp3) is 0.500. The van der Waals surface area contributed by atoms with Crippen LogP contribution in [0.3, 0.4) is 0 Å². The zero-order valence-corrected chi connectivity index (χ0v) is 12.9. The van der Waals surface area contributed by atoms with Crippen LogP contribution in [-0.2, 0) is 9.59 Å². The first kappa shape index (κ1) is 17.2. The Labute approximate surface area is 126 Å². The normalized spacial score (nSPS) is 13.7. The van der Waals surface area contributed by atoms with Gasteiger partial charge in [-0.25, -0.2) is 0 Å². The first-order chi connectivity index (χ1) is 9.90. The van der Waals surface area contributed by atoms with E-state index in [4.69, 9.17) is 5.11 Å². The number of benzene rings is 1. The minimum atomic E-state index is -0.847. The van der Waals surface area contributed by atoms with E-state index in [0.29, 0.717) is 13.1 Å². The van der Waals surface area contributed by atoms with Crippen LogP contribution < -0.4 is 5.32 Å². The summed E-state index contributed by atoms with van der Waals surface area (Å²) in [6.07, 6.45) is 0. The Balaban J connectivity index is 2.32. The summed E-state index contributed by atoms with van der Waals surface area (Å²) < 4.78 is 0. The maximum absolute atomic E-state index is 11.8. The molecule has 0 spiro atoms. The second-order valence-corrected chi connectivity index (χ2v) is 5.55. The molecule has 0 saturated carbocycles. The number of carbonyl (C=O) groups excluding carboxylic acids is 1. The lowest BCUT2D eigenvalue weighted by Crippen LogP contribution is -2.39. The molecule has 0 heterocycles. The Morgan fingerprint density at radius 2 is 1.86 bits per heavy atom. The highest BCUT2D eigenvalue weighted by atomic mass is 16.4. The van der Waals surface area contributed by atoms with Gasteiger partial charge in [-0.3, -0.25) is 14.5 Å². The van der Waals surface area contributed by atoms with Gasteiger partial charge in [0.15, 0.2) is 0 Å². The van der Waals surface area contributed by atoms with E-state index in [1.54, 1.807) is 18.9 Å². The maximum Gasteiger partial charge on any atom is 0.307 e. The largest absolute Gasteiger partial charge is 0.481 e. The first-order valence-electron chi connectivity index (χ1n) is 7.13. The zero-order chi connectivity index (χ0) is 15.8. The number of aliphatic carboxylic acids is 1. The molecule has 0 aliphatic carbocycles. The summed E-state index contributed by atoms with van der Waals surface area (Å²) in [5.41, 5.74) is 1.19. The highest BCUT2D eigenvalue weighted by molar-refractivity contribution is 5.78. The van der Waals surface area contributed by atoms with E-state index in [1.807, 2.05) is 30.3 Å². The van der Waals surface area contributed by atoms with Gasteiger partial charge < -0.3 is 10.4 Å². The van der Waals surface area contributed by atoms with Crippen molar-refractivity contribution < 1.29 is 14.7 Å². The molecular weight excluding hydrogens is 268 g/mol. The van der Waals surface area contributed by atoms with E-state index in [0.717, 1.165) is 0 Å². The van der Waals surface area contributed by atoms with Gasteiger partial charge in [0, 0.05) is 13.1 Å². The number of carboxylic acid groups (broad SMARTS) is 1. The maximum atomic E-state index is 11.8. The molecule has 1 aromatic carbocycles. The average molecular weight is 292 g/mol. The van der Waals surface area contributed by atoms with E-state index in [1.165, 1.54) is 5.56 Å². The zero-order valence-electron chi connectivity index (χ0n) is 12.9. The number of nitrogens with one attached hydrogen (secondary N) is 1. The lowest BCUT2D eigenvalue weighted by atomic mass is 10.0. The topological polar surface area (TPSA) is 69.6 Å². The van der Waals surface area contributed by atoms with Crippen LogP contribution in [0.25, 0.3) is 0 Å². The molecule has 0 saturated heterocycles. The third kappa shape index (κ3) is 6.40. The summed E-state index contributed by atoms with van der Waals surface area (Å²) in [5.74, 6) is -1.16. The number of carboxylic acids is 1. The Morgan fingerprint density at radius 1 is 1.24 bits per heavy atom. The fourth-order valence-electron chi connectivity index (χ4n) is 2.08. The molecule has 2 N–H and O–H groups in total. The molecule has 1 rings (SSSR count). The van der Waals surface area contributed by atoms with E-state index in [2.05, 4.69) is 12.2 Å². The van der Waals surface area contributed by atoms with Crippen molar-refractivity contribution >= 4 is 11.9 Å². The van der Waals surface area contributed by atoms with Crippen molar-refractivity contribution in [2.45, 2.75) is 19.8 Å². The molecule has 0 aromatic heterocycles. The lowest BCUT2D eigenvalue weighted by molar-refractivity contribution is -0.142. The van der Waals surface area contributed by atoms with Gasteiger partial charge in [0.1, 0.15) is 0 Å². The monoisotopic (exact) mass is 292 g/mol. The van der Waals surface area contributed by atoms with Crippen LogP contribution in [0.4, 0.5) is 0 Å². The predicted octanol–water partition coefficient (Wildman–Crippen LogP) is 1.56.